The van der Waals surface area contributed by atoms with Crippen LogP contribution in [0.5, 0.6) is 0 Å². The molecule has 0 unspecified atom stereocenters. The average Bonchev–Trinajstić information content (AvgIpc) is 3.03. The van der Waals surface area contributed by atoms with Gasteiger partial charge in [0, 0.05) is 19.8 Å². The number of hydrogen-bond donors (Lipinski definition) is 2. The predicted octanol–water partition coefficient (Wildman–Crippen LogP) is 1.91. The fourth-order valence-corrected chi connectivity index (χ4v) is 2.69. The minimum atomic E-state index is 0.593. The summed E-state index contributed by atoms with van der Waals surface area (Å²) in [6.45, 7) is 2.72. The van der Waals surface area contributed by atoms with Crippen LogP contribution in [0.15, 0.2) is 29.4 Å². The molecule has 0 spiro atoms. The first-order valence-electron chi connectivity index (χ1n) is 9.08. The van der Waals surface area contributed by atoms with Gasteiger partial charge in [-0.05, 0) is 45.6 Å². The Labute approximate surface area is 150 Å². The topological polar surface area (TPSA) is 69.8 Å². The van der Waals surface area contributed by atoms with Gasteiger partial charge in [-0.15, -0.1) is 10.2 Å². The van der Waals surface area contributed by atoms with Crippen LogP contribution < -0.4 is 10.6 Å². The highest BCUT2D eigenvalue weighted by Gasteiger charge is 2.05. The lowest BCUT2D eigenvalue weighted by molar-refractivity contribution is 0.389. The summed E-state index contributed by atoms with van der Waals surface area (Å²) in [6.07, 6.45) is 8.29. The lowest BCUT2D eigenvalue weighted by atomic mass is 10.1. The Morgan fingerprint density at radius 3 is 2.68 bits per heavy atom. The van der Waals surface area contributed by atoms with Crippen LogP contribution in [0.25, 0.3) is 5.65 Å². The molecule has 138 valence electrons. The Balaban J connectivity index is 1.61. The minimum Gasteiger partial charge on any atom is -0.356 e. The lowest BCUT2D eigenvalue weighted by Crippen LogP contribution is -2.37. The molecule has 0 radical (unpaired) electrons. The van der Waals surface area contributed by atoms with Gasteiger partial charge in [-0.25, -0.2) is 0 Å². The third-order valence-electron chi connectivity index (χ3n) is 4.10. The fraction of sp³-hybridized carbons (Fsp3) is 0.611. The van der Waals surface area contributed by atoms with Crippen LogP contribution in [0.4, 0.5) is 0 Å². The van der Waals surface area contributed by atoms with Crippen LogP contribution in [0.1, 0.15) is 37.9 Å². The maximum absolute atomic E-state index is 4.27. The molecule has 0 amide bonds. The number of hydrogen-bond acceptors (Lipinski definition) is 4. The van der Waals surface area contributed by atoms with E-state index in [0.717, 1.165) is 30.4 Å². The third-order valence-corrected chi connectivity index (χ3v) is 4.10. The van der Waals surface area contributed by atoms with Crippen molar-refractivity contribution in [3.63, 3.8) is 0 Å². The van der Waals surface area contributed by atoms with Gasteiger partial charge in [-0.2, -0.15) is 0 Å². The number of nitrogens with zero attached hydrogens (tertiary/aromatic N) is 5. The Morgan fingerprint density at radius 1 is 1.08 bits per heavy atom. The number of guanidine groups is 1. The predicted molar refractivity (Wildman–Crippen MR) is 103 cm³/mol. The van der Waals surface area contributed by atoms with Crippen molar-refractivity contribution in [2.75, 3.05) is 34.2 Å². The van der Waals surface area contributed by atoms with Gasteiger partial charge in [0.1, 0.15) is 0 Å². The zero-order chi connectivity index (χ0) is 17.9. The van der Waals surface area contributed by atoms with E-state index in [1.165, 1.54) is 32.2 Å². The van der Waals surface area contributed by atoms with Gasteiger partial charge < -0.3 is 15.5 Å². The molecule has 2 aromatic rings. The smallest absolute Gasteiger partial charge is 0.191 e. The zero-order valence-corrected chi connectivity index (χ0v) is 15.7. The van der Waals surface area contributed by atoms with Gasteiger partial charge in [-0.1, -0.05) is 25.3 Å². The Morgan fingerprint density at radius 2 is 1.88 bits per heavy atom. The second-order valence-corrected chi connectivity index (χ2v) is 6.47. The number of aliphatic imine (C=N–C) groups is 1. The summed E-state index contributed by atoms with van der Waals surface area (Å²) in [5.41, 5.74) is 0.858. The number of rotatable bonds is 10. The molecule has 25 heavy (non-hydrogen) atoms. The van der Waals surface area contributed by atoms with Crippen molar-refractivity contribution in [2.45, 2.75) is 38.6 Å². The van der Waals surface area contributed by atoms with Gasteiger partial charge in [-0.3, -0.25) is 9.39 Å². The fourth-order valence-electron chi connectivity index (χ4n) is 2.69. The molecular formula is C18H31N7. The summed E-state index contributed by atoms with van der Waals surface area (Å²) < 4.78 is 1.98. The second-order valence-electron chi connectivity index (χ2n) is 6.47. The van der Waals surface area contributed by atoms with Crippen molar-refractivity contribution in [3.8, 4) is 0 Å². The normalized spacial score (nSPS) is 12.1. The van der Waals surface area contributed by atoms with Gasteiger partial charge in [0.2, 0.25) is 0 Å². The summed E-state index contributed by atoms with van der Waals surface area (Å²) in [5, 5.41) is 15.0. The van der Waals surface area contributed by atoms with Gasteiger partial charge in [0.25, 0.3) is 0 Å². The second kappa shape index (κ2) is 10.7. The van der Waals surface area contributed by atoms with Crippen LogP contribution in [0.2, 0.25) is 0 Å². The van der Waals surface area contributed by atoms with E-state index in [2.05, 4.69) is 44.8 Å². The van der Waals surface area contributed by atoms with Gasteiger partial charge in [0.15, 0.2) is 17.4 Å². The van der Waals surface area contributed by atoms with E-state index < -0.39 is 0 Å². The lowest BCUT2D eigenvalue weighted by Gasteiger charge is -2.11. The zero-order valence-electron chi connectivity index (χ0n) is 15.7. The standard InChI is InChI=1S/C18H31N7/c1-19-18(20-12-8-5-4-6-9-13-24(2)3)21-15-17-23-22-16-11-7-10-14-25(16)17/h7,10-11,14H,4-6,8-9,12-13,15H2,1-3H3,(H2,19,20,21). The molecule has 0 bridgehead atoms. The number of aromatic nitrogens is 3. The van der Waals surface area contributed by atoms with E-state index >= 15 is 0 Å². The van der Waals surface area contributed by atoms with Crippen molar-refractivity contribution in [3.05, 3.63) is 30.2 Å². The summed E-state index contributed by atoms with van der Waals surface area (Å²) in [6, 6.07) is 5.88. The molecule has 0 aliphatic heterocycles. The summed E-state index contributed by atoms with van der Waals surface area (Å²) in [5.74, 6) is 1.68. The summed E-state index contributed by atoms with van der Waals surface area (Å²) in [4.78, 5) is 6.51. The molecule has 7 nitrogen and oxygen atoms in total. The Hall–Kier alpha value is -2.15. The van der Waals surface area contributed by atoms with E-state index in [-0.39, 0.29) is 0 Å². The van der Waals surface area contributed by atoms with Crippen molar-refractivity contribution in [2.24, 2.45) is 4.99 Å². The van der Waals surface area contributed by atoms with Crippen LogP contribution in [0.3, 0.4) is 0 Å². The average molecular weight is 345 g/mol. The van der Waals surface area contributed by atoms with Crippen molar-refractivity contribution < 1.29 is 0 Å². The molecule has 2 N–H and O–H groups in total. The first-order valence-corrected chi connectivity index (χ1v) is 9.08. The maximum atomic E-state index is 4.27. The van der Waals surface area contributed by atoms with Crippen molar-refractivity contribution >= 4 is 11.6 Å². The quantitative estimate of drug-likeness (QED) is 0.391. The Kier molecular flexibility index (Phi) is 8.18. The van der Waals surface area contributed by atoms with E-state index in [0.29, 0.717) is 6.54 Å². The molecule has 0 fully saturated rings. The maximum Gasteiger partial charge on any atom is 0.191 e. The summed E-state index contributed by atoms with van der Waals surface area (Å²) in [7, 11) is 6.05. The first-order chi connectivity index (χ1) is 12.2. The van der Waals surface area contributed by atoms with Crippen LogP contribution >= 0.6 is 0 Å². The minimum absolute atomic E-state index is 0.593. The SMILES string of the molecule is CN=C(NCCCCCCCN(C)C)NCc1nnc2ccccn12. The van der Waals surface area contributed by atoms with E-state index in [4.69, 9.17) is 0 Å². The molecule has 7 heteroatoms. The van der Waals surface area contributed by atoms with Gasteiger partial charge >= 0.3 is 0 Å². The molecule has 2 rings (SSSR count). The van der Waals surface area contributed by atoms with E-state index in [9.17, 15) is 0 Å². The molecule has 0 saturated carbocycles. The highest BCUT2D eigenvalue weighted by molar-refractivity contribution is 5.79. The number of fused-ring (bicyclic) bond motifs is 1. The molecular weight excluding hydrogens is 314 g/mol. The third kappa shape index (κ3) is 6.70. The highest BCUT2D eigenvalue weighted by Crippen LogP contribution is 2.03. The number of unbranched alkanes of at least 4 members (excludes halogenated alkanes) is 4. The molecule has 0 atom stereocenters. The first kappa shape index (κ1) is 19.2. The number of nitrogens with one attached hydrogen (secondary N) is 2. The summed E-state index contributed by atoms with van der Waals surface area (Å²) >= 11 is 0. The molecule has 0 aromatic carbocycles. The number of pyridine rings is 1. The van der Waals surface area contributed by atoms with Crippen molar-refractivity contribution in [1.82, 2.24) is 30.1 Å². The molecule has 0 aliphatic carbocycles. The van der Waals surface area contributed by atoms with Gasteiger partial charge in [0.05, 0.1) is 6.54 Å². The molecule has 2 aromatic heterocycles. The van der Waals surface area contributed by atoms with Crippen molar-refractivity contribution in [1.29, 1.82) is 0 Å². The van der Waals surface area contributed by atoms with Crippen LogP contribution in [-0.4, -0.2) is 59.7 Å². The van der Waals surface area contributed by atoms with Crippen LogP contribution in [-0.2, 0) is 6.54 Å². The van der Waals surface area contributed by atoms with Crippen LogP contribution in [0, 0.1) is 0 Å². The van der Waals surface area contributed by atoms with E-state index in [1.807, 2.05) is 28.8 Å². The largest absolute Gasteiger partial charge is 0.356 e. The molecule has 0 aliphatic rings. The molecule has 2 heterocycles. The monoisotopic (exact) mass is 345 g/mol. The van der Waals surface area contributed by atoms with E-state index in [1.54, 1.807) is 7.05 Å². The Bertz CT molecular complexity index is 648. The highest BCUT2D eigenvalue weighted by atomic mass is 15.3. The molecule has 0 saturated heterocycles.